The van der Waals surface area contributed by atoms with Gasteiger partial charge in [-0.15, -0.1) is 24.0 Å². The molecule has 1 aromatic rings. The molecule has 1 rings (SSSR count). The van der Waals surface area contributed by atoms with Crippen molar-refractivity contribution in [2.75, 3.05) is 13.6 Å². The first-order valence-corrected chi connectivity index (χ1v) is 6.90. The van der Waals surface area contributed by atoms with Crippen LogP contribution in [0.15, 0.2) is 29.3 Å². The minimum absolute atomic E-state index is 0. The molecule has 0 aliphatic rings. The highest BCUT2D eigenvalue weighted by atomic mass is 127. The first-order chi connectivity index (χ1) is 9.15. The molecule has 0 radical (unpaired) electrons. The maximum Gasteiger partial charge on any atom is 0.191 e. The van der Waals surface area contributed by atoms with Crippen molar-refractivity contribution in [1.29, 1.82) is 0 Å². The van der Waals surface area contributed by atoms with E-state index in [1.165, 1.54) is 5.56 Å². The van der Waals surface area contributed by atoms with Crippen molar-refractivity contribution in [3.63, 3.8) is 0 Å². The zero-order valence-corrected chi connectivity index (χ0v) is 14.8. The topological polar surface area (TPSA) is 56.7 Å². The summed E-state index contributed by atoms with van der Waals surface area (Å²) in [5, 5.41) is 15.8. The van der Waals surface area contributed by atoms with Crippen LogP contribution in [0.25, 0.3) is 0 Å². The third-order valence-corrected chi connectivity index (χ3v) is 3.09. The van der Waals surface area contributed by atoms with Gasteiger partial charge >= 0.3 is 0 Å². The fourth-order valence-corrected chi connectivity index (χ4v) is 1.69. The van der Waals surface area contributed by atoms with E-state index < -0.39 is 0 Å². The summed E-state index contributed by atoms with van der Waals surface area (Å²) in [6.07, 6.45) is 3.10. The molecule has 0 aromatic heterocycles. The molecule has 1 atom stereocenters. The zero-order chi connectivity index (χ0) is 14.1. The number of aliphatic imine (C=N–C) groups is 1. The lowest BCUT2D eigenvalue weighted by Crippen LogP contribution is -2.42. The Bertz CT molecular complexity index is 393. The molecule has 0 amide bonds. The highest BCUT2D eigenvalue weighted by Gasteiger charge is 2.01. The first-order valence-electron chi connectivity index (χ1n) is 6.90. The summed E-state index contributed by atoms with van der Waals surface area (Å²) in [5.74, 6) is 1.18. The molecule has 4 nitrogen and oxygen atoms in total. The predicted molar refractivity (Wildman–Crippen MR) is 96.1 cm³/mol. The Morgan fingerprint density at radius 3 is 2.50 bits per heavy atom. The van der Waals surface area contributed by atoms with Gasteiger partial charge in [0.05, 0.1) is 0 Å². The molecule has 0 aliphatic heterocycles. The van der Waals surface area contributed by atoms with Gasteiger partial charge in [-0.05, 0) is 43.9 Å². The summed E-state index contributed by atoms with van der Waals surface area (Å²) in [5.41, 5.74) is 1.24. The fraction of sp³-hybridized carbons (Fsp3) is 0.533. The van der Waals surface area contributed by atoms with Crippen molar-refractivity contribution in [1.82, 2.24) is 10.6 Å². The van der Waals surface area contributed by atoms with E-state index >= 15 is 0 Å². The summed E-state index contributed by atoms with van der Waals surface area (Å²) in [7, 11) is 1.79. The number of nitrogens with one attached hydrogen (secondary N) is 2. The number of phenols is 1. The SMILES string of the molecule is CCC(C)NC(=NC)NCCCc1ccc(O)cc1.I. The molecule has 5 heteroatoms. The van der Waals surface area contributed by atoms with Gasteiger partial charge in [-0.25, -0.2) is 0 Å². The maximum atomic E-state index is 9.20. The number of hydrogen-bond acceptors (Lipinski definition) is 2. The van der Waals surface area contributed by atoms with Crippen LogP contribution in [0.5, 0.6) is 5.75 Å². The predicted octanol–water partition coefficient (Wildman–Crippen LogP) is 2.91. The Kier molecular flexibility index (Phi) is 10.2. The van der Waals surface area contributed by atoms with E-state index in [0.717, 1.165) is 31.8 Å². The molecule has 114 valence electrons. The number of nitrogens with zero attached hydrogens (tertiary/aromatic N) is 1. The van der Waals surface area contributed by atoms with E-state index in [4.69, 9.17) is 0 Å². The average molecular weight is 391 g/mol. The van der Waals surface area contributed by atoms with Crippen LogP contribution in [0.2, 0.25) is 0 Å². The number of rotatable bonds is 6. The van der Waals surface area contributed by atoms with E-state index in [9.17, 15) is 5.11 Å². The molecular weight excluding hydrogens is 365 g/mol. The van der Waals surface area contributed by atoms with Crippen molar-refractivity contribution in [3.8, 4) is 5.75 Å². The van der Waals surface area contributed by atoms with E-state index in [-0.39, 0.29) is 24.0 Å². The summed E-state index contributed by atoms with van der Waals surface area (Å²) in [6, 6.07) is 7.81. The molecular formula is C15H26IN3O. The second kappa shape index (κ2) is 10.8. The molecule has 1 aromatic carbocycles. The summed E-state index contributed by atoms with van der Waals surface area (Å²) >= 11 is 0. The Labute approximate surface area is 139 Å². The van der Waals surface area contributed by atoms with Crippen molar-refractivity contribution >= 4 is 29.9 Å². The molecule has 1 unspecified atom stereocenters. The quantitative estimate of drug-likeness (QED) is 0.303. The maximum absolute atomic E-state index is 9.20. The van der Waals surface area contributed by atoms with Crippen LogP contribution in [-0.4, -0.2) is 30.7 Å². The van der Waals surface area contributed by atoms with Gasteiger partial charge in [-0.1, -0.05) is 19.1 Å². The smallest absolute Gasteiger partial charge is 0.191 e. The lowest BCUT2D eigenvalue weighted by Gasteiger charge is -2.16. The monoisotopic (exact) mass is 391 g/mol. The van der Waals surface area contributed by atoms with E-state index in [1.807, 2.05) is 12.1 Å². The molecule has 0 aliphatic carbocycles. The molecule has 3 N–H and O–H groups in total. The number of phenolic OH excluding ortho intramolecular Hbond substituents is 1. The fourth-order valence-electron chi connectivity index (χ4n) is 1.69. The first kappa shape index (κ1) is 19.0. The highest BCUT2D eigenvalue weighted by Crippen LogP contribution is 2.10. The molecule has 0 saturated heterocycles. The second-order valence-electron chi connectivity index (χ2n) is 4.72. The number of halogens is 1. The number of aromatic hydroxyl groups is 1. The summed E-state index contributed by atoms with van der Waals surface area (Å²) in [4.78, 5) is 4.19. The highest BCUT2D eigenvalue weighted by molar-refractivity contribution is 14.0. The van der Waals surface area contributed by atoms with Gasteiger partial charge in [0, 0.05) is 19.6 Å². The Hall–Kier alpha value is -0.980. The number of benzene rings is 1. The summed E-state index contributed by atoms with van der Waals surface area (Å²) < 4.78 is 0. The molecule has 0 spiro atoms. The number of guanidine groups is 1. The van der Waals surface area contributed by atoms with Crippen LogP contribution >= 0.6 is 24.0 Å². The van der Waals surface area contributed by atoms with Crippen LogP contribution in [0, 0.1) is 0 Å². The zero-order valence-electron chi connectivity index (χ0n) is 12.5. The minimum Gasteiger partial charge on any atom is -0.508 e. The van der Waals surface area contributed by atoms with Crippen molar-refractivity contribution in [3.05, 3.63) is 29.8 Å². The second-order valence-corrected chi connectivity index (χ2v) is 4.72. The van der Waals surface area contributed by atoms with Gasteiger partial charge in [0.1, 0.15) is 5.75 Å². The largest absolute Gasteiger partial charge is 0.508 e. The van der Waals surface area contributed by atoms with Crippen LogP contribution in [0.4, 0.5) is 0 Å². The molecule has 0 bridgehead atoms. The van der Waals surface area contributed by atoms with Gasteiger partial charge in [0.2, 0.25) is 0 Å². The van der Waals surface area contributed by atoms with Crippen molar-refractivity contribution in [2.24, 2.45) is 4.99 Å². The van der Waals surface area contributed by atoms with Crippen LogP contribution < -0.4 is 10.6 Å². The van der Waals surface area contributed by atoms with E-state index in [0.29, 0.717) is 11.8 Å². The van der Waals surface area contributed by atoms with Crippen LogP contribution in [-0.2, 0) is 6.42 Å². The minimum atomic E-state index is 0. The van der Waals surface area contributed by atoms with E-state index in [1.54, 1.807) is 19.2 Å². The van der Waals surface area contributed by atoms with Crippen molar-refractivity contribution in [2.45, 2.75) is 39.2 Å². The lowest BCUT2D eigenvalue weighted by molar-refractivity contribution is 0.475. The lowest BCUT2D eigenvalue weighted by atomic mass is 10.1. The molecule has 0 heterocycles. The van der Waals surface area contributed by atoms with Gasteiger partial charge < -0.3 is 15.7 Å². The van der Waals surface area contributed by atoms with Crippen LogP contribution in [0.3, 0.4) is 0 Å². The van der Waals surface area contributed by atoms with E-state index in [2.05, 4.69) is 29.5 Å². The van der Waals surface area contributed by atoms with Gasteiger partial charge in [0.25, 0.3) is 0 Å². The van der Waals surface area contributed by atoms with Gasteiger partial charge in [-0.2, -0.15) is 0 Å². The Morgan fingerprint density at radius 1 is 1.30 bits per heavy atom. The molecule has 0 saturated carbocycles. The van der Waals surface area contributed by atoms with Gasteiger partial charge in [0.15, 0.2) is 5.96 Å². The number of hydrogen-bond donors (Lipinski definition) is 3. The third kappa shape index (κ3) is 7.57. The molecule has 0 fully saturated rings. The molecule has 20 heavy (non-hydrogen) atoms. The number of aryl methyl sites for hydroxylation is 1. The Balaban J connectivity index is 0.00000361. The average Bonchev–Trinajstić information content (AvgIpc) is 2.43. The normalized spacial score (nSPS) is 12.4. The van der Waals surface area contributed by atoms with Crippen molar-refractivity contribution < 1.29 is 5.11 Å². The summed E-state index contributed by atoms with van der Waals surface area (Å²) in [6.45, 7) is 5.18. The Morgan fingerprint density at radius 2 is 1.95 bits per heavy atom. The standard InChI is InChI=1S/C15H25N3O.HI/c1-4-12(2)18-15(16-3)17-11-5-6-13-7-9-14(19)10-8-13;/h7-10,12,19H,4-6,11H2,1-3H3,(H2,16,17,18);1H. The third-order valence-electron chi connectivity index (χ3n) is 3.09. The van der Waals surface area contributed by atoms with Crippen LogP contribution in [0.1, 0.15) is 32.3 Å². The van der Waals surface area contributed by atoms with Gasteiger partial charge in [-0.3, -0.25) is 4.99 Å².